The van der Waals surface area contributed by atoms with Crippen molar-refractivity contribution in [2.75, 3.05) is 13.2 Å². The Morgan fingerprint density at radius 2 is 0.916 bits per heavy atom. The van der Waals surface area contributed by atoms with Gasteiger partial charge in [-0.3, -0.25) is 9.59 Å². The lowest BCUT2D eigenvalue weighted by molar-refractivity contribution is -0.305. The first-order valence-electron chi connectivity index (χ1n) is 34.1. The molecule has 0 saturated carbocycles. The summed E-state index contributed by atoms with van der Waals surface area (Å²) in [5.74, 6) is -1.22. The van der Waals surface area contributed by atoms with Crippen LogP contribution in [0.3, 0.4) is 0 Å². The summed E-state index contributed by atoms with van der Waals surface area (Å²) in [7, 11) is 0. The second-order valence-electron chi connectivity index (χ2n) is 23.3. The summed E-state index contributed by atoms with van der Waals surface area (Å²) in [6, 6.07) is -1.04. The topological polar surface area (TPSA) is 175 Å². The normalized spacial score (nSPS) is 19.2. The van der Waals surface area contributed by atoms with Gasteiger partial charge in [0.2, 0.25) is 5.91 Å². The van der Waals surface area contributed by atoms with Gasteiger partial charge in [-0.25, -0.2) is 0 Å². The van der Waals surface area contributed by atoms with Crippen LogP contribution in [0.5, 0.6) is 0 Å². The fourth-order valence-electron chi connectivity index (χ4n) is 10.2. The fourth-order valence-corrected chi connectivity index (χ4v) is 10.2. The molecule has 1 saturated heterocycles. The molecule has 0 aromatic rings. The first-order chi connectivity index (χ1) is 40.7. The van der Waals surface area contributed by atoms with Crippen LogP contribution in [0.1, 0.15) is 284 Å². The van der Waals surface area contributed by atoms with Crippen molar-refractivity contribution in [2.24, 2.45) is 0 Å². The van der Waals surface area contributed by atoms with Crippen LogP contribution in [0.4, 0.5) is 0 Å². The van der Waals surface area contributed by atoms with Crippen molar-refractivity contribution in [3.05, 3.63) is 97.2 Å². The third kappa shape index (κ3) is 46.5. The van der Waals surface area contributed by atoms with Crippen LogP contribution in [0.2, 0.25) is 0 Å². The van der Waals surface area contributed by atoms with Gasteiger partial charge in [0.25, 0.3) is 0 Å². The van der Waals surface area contributed by atoms with Gasteiger partial charge in [-0.1, -0.05) is 291 Å². The number of unbranched alkanes of at least 4 members (excludes halogenated alkanes) is 32. The number of carbonyl (C=O) groups is 2. The molecule has 0 spiro atoms. The minimum Gasteiger partial charge on any atom is -0.454 e. The van der Waals surface area contributed by atoms with Gasteiger partial charge in [0.1, 0.15) is 24.4 Å². The van der Waals surface area contributed by atoms with Crippen molar-refractivity contribution in [3.8, 4) is 0 Å². The molecular weight excluding hydrogens is 1040 g/mol. The Labute approximate surface area is 507 Å². The van der Waals surface area contributed by atoms with Gasteiger partial charge in [-0.05, 0) is 83.5 Å². The zero-order valence-corrected chi connectivity index (χ0v) is 53.0. The molecule has 83 heavy (non-hydrogen) atoms. The Morgan fingerprint density at radius 1 is 0.494 bits per heavy atom. The van der Waals surface area contributed by atoms with Crippen molar-refractivity contribution in [3.63, 3.8) is 0 Å². The summed E-state index contributed by atoms with van der Waals surface area (Å²) >= 11 is 0. The molecule has 1 amide bonds. The van der Waals surface area contributed by atoms with Gasteiger partial charge >= 0.3 is 5.97 Å². The molecule has 0 aromatic heterocycles. The summed E-state index contributed by atoms with van der Waals surface area (Å²) < 4.78 is 17.6. The van der Waals surface area contributed by atoms with E-state index in [0.717, 1.165) is 89.9 Å². The van der Waals surface area contributed by atoms with E-state index in [1.165, 1.54) is 148 Å². The number of allylic oxidation sites excluding steroid dienone is 15. The monoisotopic (exact) mass is 1160 g/mol. The van der Waals surface area contributed by atoms with E-state index in [2.05, 4.69) is 80.8 Å². The number of carbonyl (C=O) groups excluding carboxylic acids is 2. The zero-order valence-electron chi connectivity index (χ0n) is 53.0. The number of ether oxygens (including phenoxy) is 3. The lowest BCUT2D eigenvalue weighted by atomic mass is 9.99. The van der Waals surface area contributed by atoms with E-state index < -0.39 is 67.4 Å². The van der Waals surface area contributed by atoms with Crippen molar-refractivity contribution in [1.82, 2.24) is 5.32 Å². The third-order valence-electron chi connectivity index (χ3n) is 15.6. The van der Waals surface area contributed by atoms with E-state index in [9.17, 15) is 35.1 Å². The Morgan fingerprint density at radius 3 is 1.43 bits per heavy atom. The molecule has 6 N–H and O–H groups in total. The molecule has 0 radical (unpaired) electrons. The van der Waals surface area contributed by atoms with E-state index >= 15 is 0 Å². The van der Waals surface area contributed by atoms with Crippen LogP contribution in [0.15, 0.2) is 97.2 Å². The molecule has 8 atom stereocenters. The van der Waals surface area contributed by atoms with Crippen LogP contribution >= 0.6 is 0 Å². The summed E-state index contributed by atoms with van der Waals surface area (Å²) in [5.41, 5.74) is 0. The number of aliphatic hydroxyl groups is 5. The minimum absolute atomic E-state index is 0.0939. The Bertz CT molecular complexity index is 1720. The van der Waals surface area contributed by atoms with Crippen LogP contribution in [0, 0.1) is 0 Å². The molecule has 0 bridgehead atoms. The molecule has 1 aliphatic heterocycles. The standard InChI is InChI=1S/C72H125NO10/c1-4-7-10-13-16-19-22-25-27-28-29-30-31-32-33-34-35-36-37-39-41-44-47-50-53-56-59-65(76)71(80)73-63(64(75)58-55-52-49-46-43-40-24-21-18-15-12-9-6-3)62-81-72-70(69(79)68(78)66(61-74)82-72)83-67(77)60-57-54-51-48-45-42-38-26-23-20-17-14-11-8-5-2/h8,11,14,16-17,19-20,23,25-27,29-30,38,55,58,63-66,68-70,72,74-76,78-79H,4-7,9-10,12-13,15,18,21-22,24,28,31-37,39-54,56-57,59-62H2,1-3H3,(H,73,80)/b11-8+,17-14+,19-16-,23-20+,27-25-,30-29-,38-26-,58-55+. The highest BCUT2D eigenvalue weighted by atomic mass is 16.7. The molecule has 0 aromatic carbocycles. The predicted molar refractivity (Wildman–Crippen MR) is 347 cm³/mol. The van der Waals surface area contributed by atoms with Crippen molar-refractivity contribution in [1.29, 1.82) is 0 Å². The van der Waals surface area contributed by atoms with Gasteiger partial charge in [-0.15, -0.1) is 0 Å². The number of hydrogen-bond acceptors (Lipinski definition) is 10. The van der Waals surface area contributed by atoms with Crippen molar-refractivity contribution >= 4 is 11.9 Å². The number of aliphatic hydroxyl groups excluding tert-OH is 5. The highest BCUT2D eigenvalue weighted by Crippen LogP contribution is 2.26. The lowest BCUT2D eigenvalue weighted by Crippen LogP contribution is -2.61. The number of esters is 1. The second kappa shape index (κ2) is 58.9. The Balaban J connectivity index is 2.60. The van der Waals surface area contributed by atoms with Crippen molar-refractivity contribution in [2.45, 2.75) is 333 Å². The number of nitrogens with one attached hydrogen (secondary N) is 1. The van der Waals surface area contributed by atoms with Gasteiger partial charge in [0.05, 0.1) is 25.4 Å². The highest BCUT2D eigenvalue weighted by Gasteiger charge is 2.47. The summed E-state index contributed by atoms with van der Waals surface area (Å²) in [6.45, 7) is 5.62. The first kappa shape index (κ1) is 77.6. The van der Waals surface area contributed by atoms with Gasteiger partial charge in [0, 0.05) is 6.42 Å². The molecular formula is C72H125NO10. The number of rotatable bonds is 57. The van der Waals surface area contributed by atoms with Gasteiger partial charge in [-0.2, -0.15) is 0 Å². The summed E-state index contributed by atoms with van der Waals surface area (Å²) in [4.78, 5) is 26.6. The van der Waals surface area contributed by atoms with E-state index in [1.807, 2.05) is 36.5 Å². The molecule has 11 nitrogen and oxygen atoms in total. The number of amides is 1. The largest absolute Gasteiger partial charge is 0.454 e. The quantitative estimate of drug-likeness (QED) is 0.0149. The van der Waals surface area contributed by atoms with E-state index in [0.29, 0.717) is 12.8 Å². The maximum Gasteiger partial charge on any atom is 0.306 e. The lowest BCUT2D eigenvalue weighted by Gasteiger charge is -2.41. The summed E-state index contributed by atoms with van der Waals surface area (Å²) in [5, 5.41) is 57.1. The zero-order chi connectivity index (χ0) is 60.3. The van der Waals surface area contributed by atoms with Crippen LogP contribution < -0.4 is 5.32 Å². The Kier molecular flexibility index (Phi) is 55.1. The SMILES string of the molecule is CC/C=C/C=C/C=C/C=C\CCCCCCCC(=O)OC1C(OCC(NC(=O)C(O)CCCCCCCCCCCCCCC/C=C\C/C=C\C/C=C\CCCCC)C(O)/C=C/CCCCCCCCCCCCC)OC(CO)C(O)C1O. The van der Waals surface area contributed by atoms with Gasteiger partial charge < -0.3 is 45.1 Å². The molecule has 1 heterocycles. The fraction of sp³-hybridized carbons (Fsp3) is 0.750. The van der Waals surface area contributed by atoms with E-state index in [4.69, 9.17) is 14.2 Å². The smallest absolute Gasteiger partial charge is 0.306 e. The average Bonchev–Trinajstić information content (AvgIpc) is 3.54. The van der Waals surface area contributed by atoms with Crippen LogP contribution in [-0.4, -0.2) is 99.6 Å². The molecule has 1 rings (SSSR count). The average molecular weight is 1160 g/mol. The molecule has 1 aliphatic rings. The van der Waals surface area contributed by atoms with Crippen molar-refractivity contribution < 1.29 is 49.3 Å². The molecule has 11 heteroatoms. The molecule has 478 valence electrons. The third-order valence-corrected chi connectivity index (χ3v) is 15.6. The summed E-state index contributed by atoms with van der Waals surface area (Å²) in [6.07, 6.45) is 68.7. The highest BCUT2D eigenvalue weighted by molar-refractivity contribution is 5.80. The van der Waals surface area contributed by atoms with E-state index in [-0.39, 0.29) is 19.4 Å². The maximum atomic E-state index is 13.5. The second-order valence-corrected chi connectivity index (χ2v) is 23.3. The minimum atomic E-state index is -1.63. The maximum absolute atomic E-state index is 13.5. The van der Waals surface area contributed by atoms with E-state index in [1.54, 1.807) is 6.08 Å². The van der Waals surface area contributed by atoms with Crippen LogP contribution in [-0.2, 0) is 23.8 Å². The predicted octanol–water partition coefficient (Wildman–Crippen LogP) is 17.1. The van der Waals surface area contributed by atoms with Gasteiger partial charge in [0.15, 0.2) is 12.4 Å². The van der Waals surface area contributed by atoms with Crippen LogP contribution in [0.25, 0.3) is 0 Å². The molecule has 8 unspecified atom stereocenters. The molecule has 1 fully saturated rings. The number of hydrogen-bond donors (Lipinski definition) is 6. The molecule has 0 aliphatic carbocycles. The first-order valence-corrected chi connectivity index (χ1v) is 34.1. The Hall–Kier alpha value is -3.42.